The molecule has 0 aliphatic heterocycles. The van der Waals surface area contributed by atoms with E-state index in [0.29, 0.717) is 6.42 Å². The second kappa shape index (κ2) is 7.29. The molecule has 0 fully saturated rings. The zero-order chi connectivity index (χ0) is 12.7. The number of aromatic nitrogens is 1. The van der Waals surface area contributed by atoms with Crippen LogP contribution in [0.3, 0.4) is 0 Å². The van der Waals surface area contributed by atoms with E-state index < -0.39 is 6.04 Å². The maximum atomic E-state index is 11.8. The predicted octanol–water partition coefficient (Wildman–Crippen LogP) is 1.34. The molecule has 0 bridgehead atoms. The number of carbonyl (C=O) groups is 1. The highest BCUT2D eigenvalue weighted by Gasteiger charge is 2.15. The fourth-order valence-corrected chi connectivity index (χ4v) is 1.92. The molecule has 0 radical (unpaired) electrons. The van der Waals surface area contributed by atoms with Gasteiger partial charge in [-0.1, -0.05) is 0 Å². The van der Waals surface area contributed by atoms with Gasteiger partial charge in [-0.2, -0.15) is 11.8 Å². The number of amides is 1. The van der Waals surface area contributed by atoms with Crippen LogP contribution in [-0.4, -0.2) is 28.9 Å². The summed E-state index contributed by atoms with van der Waals surface area (Å²) in [5.41, 5.74) is 6.82. The fraction of sp³-hybridized carbons (Fsp3) is 0.500. The van der Waals surface area contributed by atoms with Crippen LogP contribution in [0.4, 0.5) is 0 Å². The van der Waals surface area contributed by atoms with E-state index in [9.17, 15) is 4.79 Å². The lowest BCUT2D eigenvalue weighted by molar-refractivity contribution is -0.123. The van der Waals surface area contributed by atoms with Gasteiger partial charge in [-0.05, 0) is 43.0 Å². The van der Waals surface area contributed by atoms with Crippen LogP contribution in [-0.2, 0) is 4.79 Å². The van der Waals surface area contributed by atoms with Crippen LogP contribution >= 0.6 is 11.8 Å². The molecule has 1 heterocycles. The first-order chi connectivity index (χ1) is 8.15. The van der Waals surface area contributed by atoms with E-state index in [0.717, 1.165) is 11.3 Å². The molecule has 1 rings (SSSR count). The SMILES string of the molecule is CSCC[C@H](N)C(=O)N[C@H](C)c1ccncc1. The molecule has 4 nitrogen and oxygen atoms in total. The molecule has 0 aromatic carbocycles. The number of nitrogens with two attached hydrogens (primary N) is 1. The lowest BCUT2D eigenvalue weighted by Crippen LogP contribution is -2.41. The van der Waals surface area contributed by atoms with Crippen molar-refractivity contribution in [2.45, 2.75) is 25.4 Å². The van der Waals surface area contributed by atoms with E-state index in [2.05, 4.69) is 10.3 Å². The van der Waals surface area contributed by atoms with Gasteiger partial charge in [-0.3, -0.25) is 9.78 Å². The molecule has 1 amide bonds. The molecule has 17 heavy (non-hydrogen) atoms. The molecular formula is C12H19N3OS. The number of nitrogens with zero attached hydrogens (tertiary/aromatic N) is 1. The topological polar surface area (TPSA) is 68.0 Å². The molecule has 0 unspecified atom stereocenters. The van der Waals surface area contributed by atoms with E-state index >= 15 is 0 Å². The van der Waals surface area contributed by atoms with Gasteiger partial charge in [0.2, 0.25) is 5.91 Å². The van der Waals surface area contributed by atoms with E-state index in [1.165, 1.54) is 0 Å². The van der Waals surface area contributed by atoms with E-state index in [1.807, 2.05) is 25.3 Å². The van der Waals surface area contributed by atoms with Crippen LogP contribution in [0.1, 0.15) is 24.9 Å². The third-order valence-electron chi connectivity index (χ3n) is 2.53. The molecule has 0 aliphatic carbocycles. The number of thioether (sulfide) groups is 1. The molecule has 0 saturated heterocycles. The molecule has 2 atom stereocenters. The van der Waals surface area contributed by atoms with E-state index in [1.54, 1.807) is 24.2 Å². The van der Waals surface area contributed by atoms with Crippen molar-refractivity contribution in [3.05, 3.63) is 30.1 Å². The highest BCUT2D eigenvalue weighted by atomic mass is 32.2. The Labute approximate surface area is 106 Å². The van der Waals surface area contributed by atoms with Crippen molar-refractivity contribution in [3.63, 3.8) is 0 Å². The second-order valence-electron chi connectivity index (χ2n) is 3.90. The zero-order valence-corrected chi connectivity index (χ0v) is 11.0. The van der Waals surface area contributed by atoms with Crippen molar-refractivity contribution in [1.29, 1.82) is 0 Å². The number of hydrogen-bond acceptors (Lipinski definition) is 4. The van der Waals surface area contributed by atoms with Gasteiger partial charge in [0.25, 0.3) is 0 Å². The Hall–Kier alpha value is -1.07. The van der Waals surface area contributed by atoms with Crippen molar-refractivity contribution < 1.29 is 4.79 Å². The largest absolute Gasteiger partial charge is 0.348 e. The summed E-state index contributed by atoms with van der Waals surface area (Å²) in [6, 6.07) is 3.31. The average molecular weight is 253 g/mol. The minimum atomic E-state index is -0.424. The summed E-state index contributed by atoms with van der Waals surface area (Å²) in [5.74, 6) is 0.807. The summed E-state index contributed by atoms with van der Waals surface area (Å²) in [7, 11) is 0. The Morgan fingerprint density at radius 3 is 2.76 bits per heavy atom. The molecule has 5 heteroatoms. The summed E-state index contributed by atoms with van der Waals surface area (Å²) < 4.78 is 0. The quantitative estimate of drug-likeness (QED) is 0.803. The average Bonchev–Trinajstić information content (AvgIpc) is 2.36. The lowest BCUT2D eigenvalue weighted by Gasteiger charge is -2.17. The van der Waals surface area contributed by atoms with Crippen LogP contribution in [0.15, 0.2) is 24.5 Å². The molecule has 0 saturated carbocycles. The monoisotopic (exact) mass is 253 g/mol. The number of hydrogen-bond donors (Lipinski definition) is 2. The highest BCUT2D eigenvalue weighted by molar-refractivity contribution is 7.98. The maximum absolute atomic E-state index is 11.8. The molecule has 0 spiro atoms. The lowest BCUT2D eigenvalue weighted by atomic mass is 10.1. The van der Waals surface area contributed by atoms with E-state index in [-0.39, 0.29) is 11.9 Å². The first kappa shape index (κ1) is 14.0. The molecule has 0 aliphatic rings. The van der Waals surface area contributed by atoms with Crippen molar-refractivity contribution in [2.24, 2.45) is 5.73 Å². The number of carbonyl (C=O) groups excluding carboxylic acids is 1. The summed E-state index contributed by atoms with van der Waals surface area (Å²) in [4.78, 5) is 15.7. The normalized spacial score (nSPS) is 14.1. The van der Waals surface area contributed by atoms with Crippen molar-refractivity contribution in [2.75, 3.05) is 12.0 Å². The van der Waals surface area contributed by atoms with Crippen LogP contribution in [0.25, 0.3) is 0 Å². The van der Waals surface area contributed by atoms with Gasteiger partial charge in [0.05, 0.1) is 12.1 Å². The fourth-order valence-electron chi connectivity index (χ4n) is 1.43. The molecule has 1 aromatic heterocycles. The van der Waals surface area contributed by atoms with Gasteiger partial charge in [0.1, 0.15) is 0 Å². The predicted molar refractivity (Wildman–Crippen MR) is 71.8 cm³/mol. The van der Waals surface area contributed by atoms with Gasteiger partial charge in [-0.25, -0.2) is 0 Å². The first-order valence-corrected chi connectivity index (χ1v) is 6.99. The molecule has 94 valence electrons. The van der Waals surface area contributed by atoms with E-state index in [4.69, 9.17) is 5.73 Å². The number of rotatable bonds is 6. The summed E-state index contributed by atoms with van der Waals surface area (Å²) in [5, 5.41) is 2.90. The minimum Gasteiger partial charge on any atom is -0.348 e. The van der Waals surface area contributed by atoms with Crippen molar-refractivity contribution >= 4 is 17.7 Å². The number of nitrogens with one attached hydrogen (secondary N) is 1. The zero-order valence-electron chi connectivity index (χ0n) is 10.2. The third-order valence-corrected chi connectivity index (χ3v) is 3.18. The summed E-state index contributed by atoms with van der Waals surface area (Å²) in [6.45, 7) is 1.94. The molecule has 1 aromatic rings. The van der Waals surface area contributed by atoms with Gasteiger partial charge in [-0.15, -0.1) is 0 Å². The first-order valence-electron chi connectivity index (χ1n) is 5.60. The van der Waals surface area contributed by atoms with Crippen LogP contribution < -0.4 is 11.1 Å². The highest BCUT2D eigenvalue weighted by Crippen LogP contribution is 2.10. The summed E-state index contributed by atoms with van der Waals surface area (Å²) in [6.07, 6.45) is 6.14. The molecule has 3 N–H and O–H groups in total. The Morgan fingerprint density at radius 2 is 2.18 bits per heavy atom. The van der Waals surface area contributed by atoms with Gasteiger partial charge in [0.15, 0.2) is 0 Å². The second-order valence-corrected chi connectivity index (χ2v) is 4.88. The minimum absolute atomic E-state index is 0.0363. The Balaban J connectivity index is 2.46. The van der Waals surface area contributed by atoms with Crippen LogP contribution in [0, 0.1) is 0 Å². The smallest absolute Gasteiger partial charge is 0.237 e. The third kappa shape index (κ3) is 4.75. The molecular weight excluding hydrogens is 234 g/mol. The maximum Gasteiger partial charge on any atom is 0.237 e. The van der Waals surface area contributed by atoms with Crippen LogP contribution in [0.5, 0.6) is 0 Å². The number of pyridine rings is 1. The standard InChI is InChI=1S/C12H19N3OS/c1-9(10-3-6-14-7-4-10)15-12(16)11(13)5-8-17-2/h3-4,6-7,9,11H,5,8,13H2,1-2H3,(H,15,16)/t9-,11+/m1/s1. The van der Waals surface area contributed by atoms with Gasteiger partial charge in [0, 0.05) is 12.4 Å². The van der Waals surface area contributed by atoms with Crippen molar-refractivity contribution in [1.82, 2.24) is 10.3 Å². The van der Waals surface area contributed by atoms with Crippen molar-refractivity contribution in [3.8, 4) is 0 Å². The van der Waals surface area contributed by atoms with Gasteiger partial charge < -0.3 is 11.1 Å². The Morgan fingerprint density at radius 1 is 1.53 bits per heavy atom. The van der Waals surface area contributed by atoms with Crippen LogP contribution in [0.2, 0.25) is 0 Å². The summed E-state index contributed by atoms with van der Waals surface area (Å²) >= 11 is 1.69. The Kier molecular flexibility index (Phi) is 6.00. The Bertz CT molecular complexity index is 345. The van der Waals surface area contributed by atoms with Gasteiger partial charge >= 0.3 is 0 Å².